The predicted octanol–water partition coefficient (Wildman–Crippen LogP) is 4.02. The van der Waals surface area contributed by atoms with Crippen molar-refractivity contribution in [2.75, 3.05) is 18.8 Å². The van der Waals surface area contributed by atoms with E-state index in [0.717, 1.165) is 24.5 Å². The fourth-order valence-electron chi connectivity index (χ4n) is 5.32. The van der Waals surface area contributed by atoms with Crippen molar-refractivity contribution < 1.29 is 19.5 Å². The van der Waals surface area contributed by atoms with Gasteiger partial charge in [-0.05, 0) is 67.8 Å². The van der Waals surface area contributed by atoms with Crippen molar-refractivity contribution in [2.24, 2.45) is 23.7 Å². The predicted molar refractivity (Wildman–Crippen MR) is 132 cm³/mol. The minimum Gasteiger partial charge on any atom is -0.481 e. The van der Waals surface area contributed by atoms with Crippen LogP contribution in [0, 0.1) is 23.7 Å². The first kappa shape index (κ1) is 25.3. The molecule has 0 radical (unpaired) electrons. The van der Waals surface area contributed by atoms with Crippen LogP contribution in [-0.4, -0.2) is 41.7 Å². The van der Waals surface area contributed by atoms with E-state index in [2.05, 4.69) is 22.8 Å². The zero-order chi connectivity index (χ0) is 23.5. The molecule has 0 aliphatic heterocycles. The molecule has 2 aliphatic carbocycles. The average molecular weight is 473 g/mol. The Balaban J connectivity index is 1.32. The van der Waals surface area contributed by atoms with Crippen LogP contribution < -0.4 is 10.6 Å². The van der Waals surface area contributed by atoms with Gasteiger partial charge in [0.1, 0.15) is 0 Å². The fourth-order valence-corrected chi connectivity index (χ4v) is 6.13. The zero-order valence-electron chi connectivity index (χ0n) is 19.2. The van der Waals surface area contributed by atoms with Gasteiger partial charge in [0.25, 0.3) is 0 Å². The minimum atomic E-state index is -0.741. The first-order valence-electron chi connectivity index (χ1n) is 12.0. The highest BCUT2D eigenvalue weighted by molar-refractivity contribution is 7.99. The molecular formula is C26H36N2O4S. The number of benzene rings is 1. The van der Waals surface area contributed by atoms with Crippen LogP contribution in [0.15, 0.2) is 42.5 Å². The van der Waals surface area contributed by atoms with Gasteiger partial charge in [-0.2, -0.15) is 0 Å². The van der Waals surface area contributed by atoms with Gasteiger partial charge in [-0.3, -0.25) is 14.4 Å². The van der Waals surface area contributed by atoms with Crippen LogP contribution >= 0.6 is 11.8 Å². The molecule has 7 heteroatoms. The third-order valence-electron chi connectivity index (χ3n) is 6.94. The third kappa shape index (κ3) is 8.54. The Morgan fingerprint density at radius 2 is 1.76 bits per heavy atom. The van der Waals surface area contributed by atoms with Crippen LogP contribution in [0.5, 0.6) is 0 Å². The molecule has 33 heavy (non-hydrogen) atoms. The number of nitrogens with one attached hydrogen (secondary N) is 2. The fraction of sp³-hybridized carbons (Fsp3) is 0.577. The summed E-state index contributed by atoms with van der Waals surface area (Å²) in [6, 6.07) is 10.0. The molecule has 0 spiro atoms. The van der Waals surface area contributed by atoms with Crippen molar-refractivity contribution in [3.63, 3.8) is 0 Å². The summed E-state index contributed by atoms with van der Waals surface area (Å²) in [6.45, 7) is 0.704. The number of unbranched alkanes of at least 4 members (excludes halogenated alkanes) is 1. The van der Waals surface area contributed by atoms with Crippen molar-refractivity contribution >= 4 is 29.5 Å². The van der Waals surface area contributed by atoms with Crippen LogP contribution in [0.3, 0.4) is 0 Å². The number of carboxylic acids is 1. The summed E-state index contributed by atoms with van der Waals surface area (Å²) in [5.41, 5.74) is 1.18. The standard InChI is InChI=1S/C26H36N2O4S/c29-24(16-28-25(30)18-33-17-19-8-4-3-5-9-19)27-15-23-21-13-12-20(14-21)22(23)10-6-1-2-7-11-26(31)32/h1,3-6,8-9,20-23H,2,7,10-18H2,(H,27,29)(H,28,30)(H,31,32)/t20-,21+,22-,23+/m1/s1. The monoisotopic (exact) mass is 472 g/mol. The summed E-state index contributed by atoms with van der Waals surface area (Å²) in [5, 5.41) is 14.5. The first-order valence-corrected chi connectivity index (χ1v) is 13.2. The molecule has 2 aliphatic rings. The quantitative estimate of drug-likeness (QED) is 0.281. The van der Waals surface area contributed by atoms with Crippen LogP contribution in [-0.2, 0) is 20.1 Å². The Kier molecular flexibility index (Phi) is 10.3. The number of rotatable bonds is 14. The molecule has 2 bridgehead atoms. The second-order valence-electron chi connectivity index (χ2n) is 9.21. The van der Waals surface area contributed by atoms with Gasteiger partial charge < -0.3 is 15.7 Å². The molecule has 6 nitrogen and oxygen atoms in total. The molecule has 0 saturated heterocycles. The van der Waals surface area contributed by atoms with Crippen molar-refractivity contribution in [1.29, 1.82) is 0 Å². The van der Waals surface area contributed by atoms with Gasteiger partial charge in [0.15, 0.2) is 0 Å². The molecule has 0 unspecified atom stereocenters. The lowest BCUT2D eigenvalue weighted by Gasteiger charge is -2.30. The third-order valence-corrected chi connectivity index (χ3v) is 7.94. The highest BCUT2D eigenvalue weighted by Gasteiger charge is 2.46. The molecule has 1 aromatic carbocycles. The Morgan fingerprint density at radius 1 is 1.00 bits per heavy atom. The number of thioether (sulfide) groups is 1. The van der Waals surface area contributed by atoms with Crippen molar-refractivity contribution in [2.45, 2.75) is 50.7 Å². The number of carbonyl (C=O) groups excluding carboxylic acids is 2. The average Bonchev–Trinajstić information content (AvgIpc) is 3.41. The van der Waals surface area contributed by atoms with E-state index >= 15 is 0 Å². The SMILES string of the molecule is O=C(O)CCCC=CC[C@@H]1[C@@H]2CC[C@@H](C2)[C@@H]1CNC(=O)CNC(=O)CSCc1ccccc1. The molecule has 0 heterocycles. The Labute approximate surface area is 201 Å². The van der Waals surface area contributed by atoms with E-state index < -0.39 is 5.97 Å². The molecule has 2 saturated carbocycles. The topological polar surface area (TPSA) is 95.5 Å². The molecule has 180 valence electrons. The summed E-state index contributed by atoms with van der Waals surface area (Å²) in [6.07, 6.45) is 10.8. The van der Waals surface area contributed by atoms with Crippen LogP contribution in [0.2, 0.25) is 0 Å². The molecule has 4 atom stereocenters. The zero-order valence-corrected chi connectivity index (χ0v) is 20.0. The molecule has 1 aromatic rings. The summed E-state index contributed by atoms with van der Waals surface area (Å²) in [5.74, 6) is 2.65. The Bertz CT molecular complexity index is 814. The first-order chi connectivity index (χ1) is 16.0. The molecule has 3 rings (SSSR count). The van der Waals surface area contributed by atoms with E-state index in [1.54, 1.807) is 11.8 Å². The van der Waals surface area contributed by atoms with Gasteiger partial charge in [-0.25, -0.2) is 0 Å². The number of hydrogen-bond donors (Lipinski definition) is 3. The number of amides is 2. The van der Waals surface area contributed by atoms with Gasteiger partial charge in [0.2, 0.25) is 11.8 Å². The van der Waals surface area contributed by atoms with E-state index in [4.69, 9.17) is 5.11 Å². The van der Waals surface area contributed by atoms with Crippen LogP contribution in [0.25, 0.3) is 0 Å². The number of carboxylic acid groups (broad SMARTS) is 1. The second-order valence-corrected chi connectivity index (χ2v) is 10.2. The van der Waals surface area contributed by atoms with E-state index in [-0.39, 0.29) is 24.8 Å². The van der Waals surface area contributed by atoms with Crippen molar-refractivity contribution in [3.05, 3.63) is 48.0 Å². The number of fused-ring (bicyclic) bond motifs is 2. The normalized spacial score (nSPS) is 23.6. The van der Waals surface area contributed by atoms with Crippen molar-refractivity contribution in [3.8, 4) is 0 Å². The molecule has 0 aromatic heterocycles. The largest absolute Gasteiger partial charge is 0.481 e. The summed E-state index contributed by atoms with van der Waals surface area (Å²) in [4.78, 5) is 34.9. The number of allylic oxidation sites excluding steroid dienone is 2. The lowest BCUT2D eigenvalue weighted by molar-refractivity contribution is -0.137. The molecule has 2 amide bonds. The highest BCUT2D eigenvalue weighted by Crippen LogP contribution is 2.53. The van der Waals surface area contributed by atoms with Gasteiger partial charge in [-0.1, -0.05) is 42.5 Å². The molecule has 2 fully saturated rings. The number of carbonyl (C=O) groups is 3. The number of aliphatic carboxylic acids is 1. The molecular weight excluding hydrogens is 436 g/mol. The maximum Gasteiger partial charge on any atom is 0.303 e. The van der Waals surface area contributed by atoms with Gasteiger partial charge in [0.05, 0.1) is 12.3 Å². The lowest BCUT2D eigenvalue weighted by atomic mass is 9.77. The van der Waals surface area contributed by atoms with Crippen molar-refractivity contribution in [1.82, 2.24) is 10.6 Å². The maximum absolute atomic E-state index is 12.3. The smallest absolute Gasteiger partial charge is 0.303 e. The van der Waals surface area contributed by atoms with Crippen LogP contribution in [0.1, 0.15) is 50.5 Å². The van der Waals surface area contributed by atoms with E-state index in [1.165, 1.54) is 24.8 Å². The summed E-state index contributed by atoms with van der Waals surface area (Å²) in [7, 11) is 0. The van der Waals surface area contributed by atoms with Gasteiger partial charge >= 0.3 is 5.97 Å². The Morgan fingerprint density at radius 3 is 2.52 bits per heavy atom. The van der Waals surface area contributed by atoms with Gasteiger partial charge in [0, 0.05) is 18.7 Å². The summed E-state index contributed by atoms with van der Waals surface area (Å²) < 4.78 is 0. The van der Waals surface area contributed by atoms with Gasteiger partial charge in [-0.15, -0.1) is 11.8 Å². The number of hydrogen-bond acceptors (Lipinski definition) is 4. The van der Waals surface area contributed by atoms with Crippen LogP contribution in [0.4, 0.5) is 0 Å². The highest BCUT2D eigenvalue weighted by atomic mass is 32.2. The minimum absolute atomic E-state index is 0.0275. The van der Waals surface area contributed by atoms with E-state index in [0.29, 0.717) is 36.5 Å². The lowest BCUT2D eigenvalue weighted by Crippen LogP contribution is -2.41. The molecule has 3 N–H and O–H groups in total. The van der Waals surface area contributed by atoms with E-state index in [1.807, 2.05) is 30.3 Å². The Hall–Kier alpha value is -2.28. The second kappa shape index (κ2) is 13.4. The van der Waals surface area contributed by atoms with E-state index in [9.17, 15) is 14.4 Å². The summed E-state index contributed by atoms with van der Waals surface area (Å²) >= 11 is 1.54. The maximum atomic E-state index is 12.3.